The highest BCUT2D eigenvalue weighted by Crippen LogP contribution is 2.36. The number of carboxylic acids is 1. The van der Waals surface area contributed by atoms with Crippen molar-refractivity contribution in [2.24, 2.45) is 0 Å². The van der Waals surface area contributed by atoms with Gasteiger partial charge in [-0.05, 0) is 22.8 Å². The minimum atomic E-state index is -1.76. The molecule has 1 saturated heterocycles. The smallest absolute Gasteiger partial charge is 0.335 e. The number of quaternary nitrogens is 1. The average molecular weight is 473 g/mol. The summed E-state index contributed by atoms with van der Waals surface area (Å²) in [5.74, 6) is -0.643. The molecule has 0 saturated carbocycles. The number of hydrogen-bond acceptors (Lipinski definition) is 7. The Morgan fingerprint density at radius 3 is 2.44 bits per heavy atom. The molecule has 2 heterocycles. The van der Waals surface area contributed by atoms with Gasteiger partial charge in [-0.2, -0.15) is 9.48 Å². The van der Waals surface area contributed by atoms with Crippen LogP contribution in [0.1, 0.15) is 23.1 Å². The summed E-state index contributed by atoms with van der Waals surface area (Å²) in [7, 11) is 3.47. The monoisotopic (exact) mass is 472 g/mol. The number of aliphatic hydroxyl groups is 3. The summed E-state index contributed by atoms with van der Waals surface area (Å²) in [4.78, 5) is 17.2. The Morgan fingerprint density at radius 1 is 1.03 bits per heavy atom. The first-order chi connectivity index (χ1) is 16.2. The van der Waals surface area contributed by atoms with Crippen molar-refractivity contribution in [3.8, 4) is 5.75 Å². The lowest BCUT2D eigenvalue weighted by Gasteiger charge is -2.40. The highest BCUT2D eigenvalue weighted by molar-refractivity contribution is 5.84. The van der Waals surface area contributed by atoms with Gasteiger partial charge in [0.1, 0.15) is 37.2 Å². The van der Waals surface area contributed by atoms with Crippen LogP contribution in [-0.2, 0) is 21.0 Å². The van der Waals surface area contributed by atoms with E-state index in [0.29, 0.717) is 19.6 Å². The number of fused-ring (bicyclic) bond motifs is 2. The SMILES string of the molecule is C[N+](C)(CC/C=C1\c2ccccc2COc2ccccc21)O[C@@H]1O[C@H](C(=O)O)[C@@H](O)[C@H](O)[C@H]1O. The van der Waals surface area contributed by atoms with Crippen LogP contribution in [0.2, 0.25) is 0 Å². The first-order valence-corrected chi connectivity index (χ1v) is 11.1. The number of nitrogens with zero attached hydrogens (tertiary/aromatic N) is 1. The summed E-state index contributed by atoms with van der Waals surface area (Å²) in [5, 5.41) is 39.4. The number of hydroxylamine groups is 3. The molecule has 2 aliphatic heterocycles. The second kappa shape index (κ2) is 9.83. The van der Waals surface area contributed by atoms with Crippen LogP contribution in [0, 0.1) is 0 Å². The van der Waals surface area contributed by atoms with Crippen LogP contribution in [-0.4, -0.2) is 82.4 Å². The minimum Gasteiger partial charge on any atom is -0.488 e. The molecular formula is C25H30NO8+. The van der Waals surface area contributed by atoms with E-state index in [1.165, 1.54) is 0 Å². The summed E-state index contributed by atoms with van der Waals surface area (Å²) >= 11 is 0. The lowest BCUT2D eigenvalue weighted by Crippen LogP contribution is -2.62. The first-order valence-electron chi connectivity index (χ1n) is 11.1. The lowest BCUT2D eigenvalue weighted by atomic mass is 9.93. The number of para-hydroxylation sites is 1. The first kappa shape index (κ1) is 24.3. The largest absolute Gasteiger partial charge is 0.488 e. The van der Waals surface area contributed by atoms with Gasteiger partial charge in [-0.3, -0.25) is 0 Å². The molecular weight excluding hydrogens is 442 g/mol. The Bertz CT molecular complexity index is 1020. The number of carbonyl (C=O) groups is 1. The molecule has 0 aromatic heterocycles. The molecule has 0 amide bonds. The highest BCUT2D eigenvalue weighted by atomic mass is 16.8. The van der Waals surface area contributed by atoms with Crippen molar-refractivity contribution in [3.05, 3.63) is 71.3 Å². The number of rotatable bonds is 6. The molecule has 0 radical (unpaired) electrons. The van der Waals surface area contributed by atoms with Gasteiger partial charge in [0.05, 0.1) is 14.1 Å². The van der Waals surface area contributed by atoms with E-state index in [1.807, 2.05) is 42.5 Å². The topological polar surface area (TPSA) is 126 Å². The normalized spacial score (nSPS) is 27.9. The van der Waals surface area contributed by atoms with E-state index in [2.05, 4.69) is 12.1 Å². The highest BCUT2D eigenvalue weighted by Gasteiger charge is 2.49. The van der Waals surface area contributed by atoms with Crippen LogP contribution in [0.15, 0.2) is 54.6 Å². The zero-order valence-electron chi connectivity index (χ0n) is 19.1. The van der Waals surface area contributed by atoms with Crippen molar-refractivity contribution in [2.75, 3.05) is 20.6 Å². The molecule has 4 rings (SSSR count). The lowest BCUT2D eigenvalue weighted by molar-refractivity contribution is -1.09. The molecule has 0 unspecified atom stereocenters. The van der Waals surface area contributed by atoms with Crippen molar-refractivity contribution >= 4 is 11.5 Å². The zero-order valence-corrected chi connectivity index (χ0v) is 19.1. The van der Waals surface area contributed by atoms with Crippen molar-refractivity contribution in [3.63, 3.8) is 0 Å². The van der Waals surface area contributed by atoms with Crippen LogP contribution >= 0.6 is 0 Å². The Hall–Kier alpha value is -2.79. The summed E-state index contributed by atoms with van der Waals surface area (Å²) in [6, 6.07) is 15.9. The third-order valence-corrected chi connectivity index (χ3v) is 6.09. The van der Waals surface area contributed by atoms with Crippen molar-refractivity contribution in [2.45, 2.75) is 43.7 Å². The van der Waals surface area contributed by atoms with Gasteiger partial charge in [0.2, 0.25) is 6.29 Å². The van der Waals surface area contributed by atoms with Gasteiger partial charge < -0.3 is 29.9 Å². The molecule has 1 fully saturated rings. The van der Waals surface area contributed by atoms with Gasteiger partial charge >= 0.3 is 5.97 Å². The second-order valence-corrected chi connectivity index (χ2v) is 8.99. The molecule has 0 aliphatic carbocycles. The maximum atomic E-state index is 11.3. The fourth-order valence-corrected chi connectivity index (χ4v) is 4.24. The summed E-state index contributed by atoms with van der Waals surface area (Å²) in [6.45, 7) is 0.933. The number of benzene rings is 2. The number of aliphatic carboxylic acids is 1. The van der Waals surface area contributed by atoms with E-state index >= 15 is 0 Å². The predicted octanol–water partition coefficient (Wildman–Crippen LogP) is 1.30. The van der Waals surface area contributed by atoms with Crippen LogP contribution in [0.5, 0.6) is 5.75 Å². The van der Waals surface area contributed by atoms with E-state index < -0.39 is 36.7 Å². The summed E-state index contributed by atoms with van der Waals surface area (Å²) in [6.07, 6.45) is -5.50. The van der Waals surface area contributed by atoms with Crippen molar-refractivity contribution in [1.29, 1.82) is 0 Å². The predicted molar refractivity (Wildman–Crippen MR) is 121 cm³/mol. The van der Waals surface area contributed by atoms with Gasteiger partial charge in [0, 0.05) is 12.0 Å². The molecule has 2 aliphatic rings. The maximum absolute atomic E-state index is 11.3. The molecule has 2 aromatic rings. The number of hydrogen-bond donors (Lipinski definition) is 4. The molecule has 182 valence electrons. The van der Waals surface area contributed by atoms with Gasteiger partial charge in [-0.1, -0.05) is 48.5 Å². The third-order valence-electron chi connectivity index (χ3n) is 6.09. The molecule has 2 aromatic carbocycles. The molecule has 4 N–H and O–H groups in total. The Morgan fingerprint density at radius 2 is 1.71 bits per heavy atom. The van der Waals surface area contributed by atoms with Crippen LogP contribution < -0.4 is 4.74 Å². The Balaban J connectivity index is 1.51. The van der Waals surface area contributed by atoms with Crippen molar-refractivity contribution < 1.29 is 44.2 Å². The molecule has 5 atom stereocenters. The Kier molecular flexibility index (Phi) is 7.04. The van der Waals surface area contributed by atoms with E-state index in [-0.39, 0.29) is 4.65 Å². The molecule has 34 heavy (non-hydrogen) atoms. The van der Waals surface area contributed by atoms with Crippen LogP contribution in [0.25, 0.3) is 5.57 Å². The number of ether oxygens (including phenoxy) is 2. The zero-order chi connectivity index (χ0) is 24.5. The molecule has 0 spiro atoms. The Labute approximate surface area is 197 Å². The van der Waals surface area contributed by atoms with E-state index in [4.69, 9.17) is 14.3 Å². The van der Waals surface area contributed by atoms with Gasteiger partial charge in [0.15, 0.2) is 6.10 Å². The average Bonchev–Trinajstić information content (AvgIpc) is 2.96. The molecule has 9 heteroatoms. The number of carboxylic acid groups (broad SMARTS) is 1. The van der Waals surface area contributed by atoms with Crippen LogP contribution in [0.3, 0.4) is 0 Å². The standard InChI is InChI=1S/C25H29NO8/c1-26(2,34-25-22(29)20(27)21(28)23(33-25)24(30)31)13-7-11-17-16-9-4-3-8-15(16)14-32-19-12-6-5-10-18(17)19/h3-6,8-12,20-23,25,27-29H,7,13-14H2,1-2H3/p+1/b17-11+/t20-,21-,22+,23-,25-/m0/s1. The van der Waals surface area contributed by atoms with Gasteiger partial charge in [-0.25, -0.2) is 4.79 Å². The maximum Gasteiger partial charge on any atom is 0.335 e. The minimum absolute atomic E-state index is 0.0829. The van der Waals surface area contributed by atoms with Crippen LogP contribution in [0.4, 0.5) is 0 Å². The quantitative estimate of drug-likeness (QED) is 0.366. The summed E-state index contributed by atoms with van der Waals surface area (Å²) < 4.78 is 11.2. The van der Waals surface area contributed by atoms with Gasteiger partial charge in [-0.15, -0.1) is 0 Å². The van der Waals surface area contributed by atoms with Gasteiger partial charge in [0.25, 0.3) is 0 Å². The fourth-order valence-electron chi connectivity index (χ4n) is 4.24. The molecule has 0 bridgehead atoms. The summed E-state index contributed by atoms with van der Waals surface area (Å²) in [5.41, 5.74) is 4.21. The third kappa shape index (κ3) is 5.00. The van der Waals surface area contributed by atoms with E-state index in [0.717, 1.165) is 28.0 Å². The van der Waals surface area contributed by atoms with E-state index in [1.54, 1.807) is 14.1 Å². The fraction of sp³-hybridized carbons (Fsp3) is 0.400. The second-order valence-electron chi connectivity index (χ2n) is 8.99. The van der Waals surface area contributed by atoms with Crippen molar-refractivity contribution in [1.82, 2.24) is 0 Å². The van der Waals surface area contributed by atoms with E-state index in [9.17, 15) is 25.2 Å². The molecule has 9 nitrogen and oxygen atoms in total. The number of aliphatic hydroxyl groups excluding tert-OH is 3.